The zero-order chi connectivity index (χ0) is 19.9. The van der Waals surface area contributed by atoms with Crippen LogP contribution in [0.15, 0.2) is 18.2 Å². The van der Waals surface area contributed by atoms with Crippen LogP contribution in [-0.4, -0.2) is 61.5 Å². The first-order chi connectivity index (χ1) is 12.8. The summed E-state index contributed by atoms with van der Waals surface area (Å²) < 4.78 is 38.0. The monoisotopic (exact) mass is 425 g/mol. The predicted octanol–water partition coefficient (Wildman–Crippen LogP) is 1.86. The molecule has 0 unspecified atom stereocenters. The first-order valence-corrected chi connectivity index (χ1v) is 8.56. The summed E-state index contributed by atoms with van der Waals surface area (Å²) in [5.74, 6) is -0.229. The summed E-state index contributed by atoms with van der Waals surface area (Å²) in [7, 11) is 0. The van der Waals surface area contributed by atoms with E-state index in [-0.39, 0.29) is 37.0 Å². The third kappa shape index (κ3) is 7.49. The maximum atomic E-state index is 12.7. The molecule has 158 valence electrons. The van der Waals surface area contributed by atoms with Crippen molar-refractivity contribution in [3.8, 4) is 0 Å². The van der Waals surface area contributed by atoms with Gasteiger partial charge in [-0.15, -0.1) is 12.4 Å². The zero-order valence-electron chi connectivity index (χ0n) is 15.1. The van der Waals surface area contributed by atoms with Gasteiger partial charge in [0.15, 0.2) is 0 Å². The van der Waals surface area contributed by atoms with Gasteiger partial charge in [0.1, 0.15) is 5.69 Å². The average Bonchev–Trinajstić information content (AvgIpc) is 2.61. The molecule has 1 aromatic rings. The van der Waals surface area contributed by atoms with Crippen LogP contribution in [-0.2, 0) is 11.0 Å². The van der Waals surface area contributed by atoms with Gasteiger partial charge >= 0.3 is 6.18 Å². The number of hydrogen-bond donors (Lipinski definition) is 3. The lowest BCUT2D eigenvalue weighted by Gasteiger charge is -2.27. The summed E-state index contributed by atoms with van der Waals surface area (Å²) in [5.41, 5.74) is -1.82. The van der Waals surface area contributed by atoms with Crippen LogP contribution >= 0.6 is 12.4 Å². The van der Waals surface area contributed by atoms with Crippen LogP contribution in [0.5, 0.6) is 0 Å². The molecule has 0 aromatic heterocycles. The fourth-order valence-electron chi connectivity index (χ4n) is 2.70. The summed E-state index contributed by atoms with van der Waals surface area (Å²) in [6.07, 6.45) is -4.60. The first-order valence-electron chi connectivity index (χ1n) is 8.56. The summed E-state index contributed by atoms with van der Waals surface area (Å²) in [5, 5.41) is 19.6. The molecule has 1 heterocycles. The number of alkyl halides is 3. The number of anilines is 1. The number of halogens is 4. The Balaban J connectivity index is 0.00000392. The Morgan fingerprint density at radius 3 is 2.54 bits per heavy atom. The Bertz CT molecular complexity index is 669. The molecule has 0 radical (unpaired) electrons. The van der Waals surface area contributed by atoms with Gasteiger partial charge in [-0.05, 0) is 12.1 Å². The second-order valence-electron chi connectivity index (χ2n) is 6.11. The van der Waals surface area contributed by atoms with E-state index in [1.54, 1.807) is 0 Å². The third-order valence-corrected chi connectivity index (χ3v) is 4.15. The van der Waals surface area contributed by atoms with Crippen molar-refractivity contribution in [2.24, 2.45) is 0 Å². The highest BCUT2D eigenvalue weighted by atomic mass is 35.5. The quantitative estimate of drug-likeness (QED) is 0.434. The number of hydrogen-bond acceptors (Lipinski definition) is 6. The predicted molar refractivity (Wildman–Crippen MR) is 101 cm³/mol. The van der Waals surface area contributed by atoms with Crippen molar-refractivity contribution in [2.45, 2.75) is 12.6 Å². The molecule has 1 amide bonds. The first kappa shape index (κ1) is 23.9. The smallest absolute Gasteiger partial charge is 0.379 e. The minimum atomic E-state index is -4.66. The van der Waals surface area contributed by atoms with Gasteiger partial charge in [-0.2, -0.15) is 13.2 Å². The van der Waals surface area contributed by atoms with E-state index in [1.807, 2.05) is 0 Å². The number of benzene rings is 1. The molecule has 1 aromatic carbocycles. The largest absolute Gasteiger partial charge is 0.416 e. The molecule has 1 saturated heterocycles. The van der Waals surface area contributed by atoms with Gasteiger partial charge in [-0.3, -0.25) is 19.8 Å². The van der Waals surface area contributed by atoms with E-state index < -0.39 is 22.4 Å². The van der Waals surface area contributed by atoms with Crippen LogP contribution in [0.25, 0.3) is 0 Å². The van der Waals surface area contributed by atoms with Crippen molar-refractivity contribution >= 4 is 29.7 Å². The molecule has 12 heteroatoms. The Morgan fingerprint density at radius 1 is 1.25 bits per heavy atom. The molecular weight excluding hydrogens is 403 g/mol. The number of carbonyl (C=O) groups is 1. The minimum absolute atomic E-state index is 0. The molecule has 1 aliphatic heterocycles. The van der Waals surface area contributed by atoms with Crippen LogP contribution in [0.1, 0.15) is 12.0 Å². The van der Waals surface area contributed by atoms with Crippen LogP contribution in [0.2, 0.25) is 0 Å². The topological polar surface area (TPSA) is 99.5 Å². The molecule has 1 fully saturated rings. The third-order valence-electron chi connectivity index (χ3n) is 4.15. The van der Waals surface area contributed by atoms with E-state index in [1.165, 1.54) is 0 Å². The average molecular weight is 426 g/mol. The van der Waals surface area contributed by atoms with Crippen molar-refractivity contribution in [2.75, 3.05) is 51.1 Å². The highest BCUT2D eigenvalue weighted by molar-refractivity contribution is 5.85. The molecule has 8 nitrogen and oxygen atoms in total. The Hall–Kier alpha value is -2.11. The van der Waals surface area contributed by atoms with Crippen molar-refractivity contribution in [1.29, 1.82) is 0 Å². The normalized spacial score (nSPS) is 14.8. The maximum Gasteiger partial charge on any atom is 0.416 e. The lowest BCUT2D eigenvalue weighted by atomic mass is 10.1. The highest BCUT2D eigenvalue weighted by Crippen LogP contribution is 2.34. The molecule has 2 rings (SSSR count). The molecule has 1 aliphatic rings. The van der Waals surface area contributed by atoms with Gasteiger partial charge in [-0.25, -0.2) is 0 Å². The molecule has 0 bridgehead atoms. The van der Waals surface area contributed by atoms with Crippen LogP contribution in [0, 0.1) is 10.1 Å². The number of amides is 1. The van der Waals surface area contributed by atoms with E-state index in [0.29, 0.717) is 12.6 Å². The van der Waals surface area contributed by atoms with Crippen molar-refractivity contribution in [1.82, 2.24) is 15.5 Å². The van der Waals surface area contributed by atoms with E-state index >= 15 is 0 Å². The number of nitro benzene ring substituents is 1. The molecule has 0 atom stereocenters. The van der Waals surface area contributed by atoms with Crippen LogP contribution < -0.4 is 16.0 Å². The number of piperazine rings is 1. The van der Waals surface area contributed by atoms with Gasteiger partial charge in [0.05, 0.1) is 10.5 Å². The summed E-state index contributed by atoms with van der Waals surface area (Å²) in [4.78, 5) is 24.2. The number of nitro groups is 1. The van der Waals surface area contributed by atoms with Gasteiger partial charge in [0.2, 0.25) is 5.91 Å². The van der Waals surface area contributed by atoms with Gasteiger partial charge in [0.25, 0.3) is 5.69 Å². The van der Waals surface area contributed by atoms with Crippen molar-refractivity contribution < 1.29 is 22.9 Å². The second kappa shape index (κ2) is 11.0. The summed E-state index contributed by atoms with van der Waals surface area (Å²) in [6.45, 7) is 5.01. The molecule has 3 N–H and O–H groups in total. The lowest BCUT2D eigenvalue weighted by molar-refractivity contribution is -0.384. The zero-order valence-corrected chi connectivity index (χ0v) is 15.9. The number of carbonyl (C=O) groups excluding carboxylic acids is 1. The molecular formula is C16H23ClF3N5O3. The molecule has 0 aliphatic carbocycles. The SMILES string of the molecule is Cl.O=C(CCNc1ccc(C(F)(F)F)cc1[N+](=O)[O-])NCCN1CCNCC1. The number of nitrogens with zero attached hydrogens (tertiary/aromatic N) is 2. The fourth-order valence-corrected chi connectivity index (χ4v) is 2.70. The van der Waals surface area contributed by atoms with E-state index in [9.17, 15) is 28.1 Å². The highest BCUT2D eigenvalue weighted by Gasteiger charge is 2.33. The maximum absolute atomic E-state index is 12.7. The minimum Gasteiger partial charge on any atom is -0.379 e. The van der Waals surface area contributed by atoms with Crippen molar-refractivity contribution in [3.05, 3.63) is 33.9 Å². The molecule has 0 spiro atoms. The Kier molecular flexibility index (Phi) is 9.42. The van der Waals surface area contributed by atoms with E-state index in [2.05, 4.69) is 20.9 Å². The second-order valence-corrected chi connectivity index (χ2v) is 6.11. The summed E-state index contributed by atoms with van der Waals surface area (Å²) in [6, 6.07) is 2.25. The van der Waals surface area contributed by atoms with Crippen molar-refractivity contribution in [3.63, 3.8) is 0 Å². The molecule has 28 heavy (non-hydrogen) atoms. The molecule has 0 saturated carbocycles. The van der Waals surface area contributed by atoms with Crippen LogP contribution in [0.3, 0.4) is 0 Å². The van der Waals surface area contributed by atoms with E-state index in [4.69, 9.17) is 0 Å². The number of rotatable bonds is 8. The standard InChI is InChI=1S/C16H22F3N5O3.ClH/c17-16(18,19)12-1-2-13(14(11-12)24(26)27)21-4-3-15(25)22-7-10-23-8-5-20-6-9-23;/h1-2,11,20-21H,3-10H2,(H,22,25);1H. The van der Waals surface area contributed by atoms with E-state index in [0.717, 1.165) is 44.9 Å². The Morgan fingerprint density at radius 2 is 1.93 bits per heavy atom. The fraction of sp³-hybridized carbons (Fsp3) is 0.562. The number of nitrogens with one attached hydrogen (secondary N) is 3. The Labute approximate surface area is 166 Å². The summed E-state index contributed by atoms with van der Waals surface area (Å²) >= 11 is 0. The van der Waals surface area contributed by atoms with Gasteiger partial charge in [0, 0.05) is 58.3 Å². The lowest BCUT2D eigenvalue weighted by Crippen LogP contribution is -2.46. The van der Waals surface area contributed by atoms with Gasteiger partial charge < -0.3 is 16.0 Å². The van der Waals surface area contributed by atoms with Gasteiger partial charge in [-0.1, -0.05) is 0 Å². The van der Waals surface area contributed by atoms with Crippen LogP contribution in [0.4, 0.5) is 24.5 Å².